The molecule has 1 fully saturated rings. The summed E-state index contributed by atoms with van der Waals surface area (Å²) in [5.41, 5.74) is 1.12. The Balaban J connectivity index is 2.19. The topological polar surface area (TPSA) is 79.9 Å². The van der Waals surface area contributed by atoms with Crippen molar-refractivity contribution in [2.24, 2.45) is 0 Å². The number of carbonyl (C=O) groups excluding carboxylic acids is 2. The molecule has 0 bridgehead atoms. The van der Waals surface area contributed by atoms with Gasteiger partial charge >= 0.3 is 12.0 Å². The number of hydrogen-bond donors (Lipinski definition) is 2. The van der Waals surface area contributed by atoms with E-state index in [9.17, 15) is 9.59 Å². The Morgan fingerprint density at radius 2 is 1.95 bits per heavy atom. The number of rotatable bonds is 4. The van der Waals surface area contributed by atoms with Crippen molar-refractivity contribution in [3.8, 4) is 0 Å². The fourth-order valence-corrected chi connectivity index (χ4v) is 3.04. The van der Waals surface area contributed by atoms with Crippen LogP contribution in [0.25, 0.3) is 0 Å². The molecular formula is C15H25N3O4. The number of nitrogens with one attached hydrogen (secondary N) is 2. The molecule has 0 spiro atoms. The lowest BCUT2D eigenvalue weighted by Gasteiger charge is -2.37. The summed E-state index contributed by atoms with van der Waals surface area (Å²) >= 11 is 0. The van der Waals surface area contributed by atoms with E-state index in [2.05, 4.69) is 15.5 Å². The van der Waals surface area contributed by atoms with Crippen LogP contribution >= 0.6 is 0 Å². The fourth-order valence-electron chi connectivity index (χ4n) is 3.04. The summed E-state index contributed by atoms with van der Waals surface area (Å²) in [6.45, 7) is 9.94. The molecule has 3 atom stereocenters. The van der Waals surface area contributed by atoms with Crippen LogP contribution < -0.4 is 10.6 Å². The van der Waals surface area contributed by atoms with E-state index >= 15 is 0 Å². The summed E-state index contributed by atoms with van der Waals surface area (Å²) in [6, 6.07) is -0.649. The summed E-state index contributed by atoms with van der Waals surface area (Å²) in [6.07, 6.45) is 0.260. The van der Waals surface area contributed by atoms with E-state index in [0.717, 1.165) is 13.1 Å². The molecule has 0 radical (unpaired) electrons. The van der Waals surface area contributed by atoms with Gasteiger partial charge in [0.05, 0.1) is 30.4 Å². The predicted octanol–water partition coefficient (Wildman–Crippen LogP) is 0.614. The molecule has 2 rings (SSSR count). The van der Waals surface area contributed by atoms with Crippen LogP contribution in [0.4, 0.5) is 4.79 Å². The SMILES string of the molecule is CCOC(=O)C1=C(CN2CC(C)OC(C)C2)NC(=O)NC1C. The van der Waals surface area contributed by atoms with Crippen molar-refractivity contribution in [2.45, 2.75) is 45.9 Å². The van der Waals surface area contributed by atoms with Gasteiger partial charge in [0.1, 0.15) is 0 Å². The molecule has 22 heavy (non-hydrogen) atoms. The minimum Gasteiger partial charge on any atom is -0.463 e. The van der Waals surface area contributed by atoms with E-state index < -0.39 is 0 Å². The molecule has 0 aromatic heterocycles. The Hall–Kier alpha value is -1.60. The average molecular weight is 311 g/mol. The van der Waals surface area contributed by atoms with Gasteiger partial charge in [0.25, 0.3) is 0 Å². The first-order chi connectivity index (χ1) is 10.4. The molecule has 2 heterocycles. The zero-order valence-electron chi connectivity index (χ0n) is 13.6. The number of morpholine rings is 1. The molecule has 7 nitrogen and oxygen atoms in total. The molecule has 0 aromatic rings. The summed E-state index contributed by atoms with van der Waals surface area (Å²) in [7, 11) is 0. The monoisotopic (exact) mass is 311 g/mol. The van der Waals surface area contributed by atoms with Crippen molar-refractivity contribution < 1.29 is 19.1 Å². The molecule has 0 aliphatic carbocycles. The van der Waals surface area contributed by atoms with Crippen molar-refractivity contribution in [1.82, 2.24) is 15.5 Å². The first-order valence-electron chi connectivity index (χ1n) is 7.76. The van der Waals surface area contributed by atoms with E-state index in [4.69, 9.17) is 9.47 Å². The molecular weight excluding hydrogens is 286 g/mol. The highest BCUT2D eigenvalue weighted by Crippen LogP contribution is 2.18. The predicted molar refractivity (Wildman–Crippen MR) is 81.2 cm³/mol. The van der Waals surface area contributed by atoms with Crippen molar-refractivity contribution >= 4 is 12.0 Å². The zero-order chi connectivity index (χ0) is 16.3. The van der Waals surface area contributed by atoms with Crippen LogP contribution in [0.1, 0.15) is 27.7 Å². The molecule has 2 aliphatic heterocycles. The Labute approximate surface area is 131 Å². The Kier molecular flexibility index (Phi) is 5.42. The number of carbonyl (C=O) groups is 2. The third-order valence-corrected chi connectivity index (χ3v) is 3.74. The van der Waals surface area contributed by atoms with Crippen molar-refractivity contribution in [2.75, 3.05) is 26.2 Å². The lowest BCUT2D eigenvalue weighted by atomic mass is 10.0. The molecule has 1 saturated heterocycles. The molecule has 124 valence electrons. The second kappa shape index (κ2) is 7.11. The quantitative estimate of drug-likeness (QED) is 0.744. The summed E-state index contributed by atoms with van der Waals surface area (Å²) < 4.78 is 10.8. The largest absolute Gasteiger partial charge is 0.463 e. The summed E-state index contributed by atoms with van der Waals surface area (Å²) in [5, 5.41) is 5.46. The van der Waals surface area contributed by atoms with Gasteiger partial charge in [0.2, 0.25) is 0 Å². The Bertz CT molecular complexity index is 467. The van der Waals surface area contributed by atoms with E-state index in [-0.39, 0.29) is 30.3 Å². The zero-order valence-corrected chi connectivity index (χ0v) is 13.6. The standard InChI is InChI=1S/C15H25N3O4/c1-5-21-14(19)13-11(4)16-15(20)17-12(13)8-18-6-9(2)22-10(3)7-18/h9-11H,5-8H2,1-4H3,(H2,16,17,20). The van der Waals surface area contributed by atoms with Crippen LogP contribution in [0.3, 0.4) is 0 Å². The van der Waals surface area contributed by atoms with Gasteiger partial charge in [-0.1, -0.05) is 0 Å². The van der Waals surface area contributed by atoms with Crippen LogP contribution in [-0.2, 0) is 14.3 Å². The van der Waals surface area contributed by atoms with Gasteiger partial charge in [0, 0.05) is 25.3 Å². The maximum atomic E-state index is 12.2. The highest BCUT2D eigenvalue weighted by atomic mass is 16.5. The van der Waals surface area contributed by atoms with Crippen LogP contribution in [-0.4, -0.2) is 61.4 Å². The second-order valence-electron chi connectivity index (χ2n) is 5.88. The molecule has 2 aliphatic rings. The number of nitrogens with zero attached hydrogens (tertiary/aromatic N) is 1. The highest BCUT2D eigenvalue weighted by molar-refractivity contribution is 5.94. The lowest BCUT2D eigenvalue weighted by Crippen LogP contribution is -2.53. The highest BCUT2D eigenvalue weighted by Gasteiger charge is 2.32. The van der Waals surface area contributed by atoms with Gasteiger partial charge in [-0.15, -0.1) is 0 Å². The third kappa shape index (κ3) is 3.98. The van der Waals surface area contributed by atoms with Crippen molar-refractivity contribution in [3.05, 3.63) is 11.3 Å². The molecule has 2 amide bonds. The maximum Gasteiger partial charge on any atom is 0.337 e. The second-order valence-corrected chi connectivity index (χ2v) is 5.88. The van der Waals surface area contributed by atoms with Gasteiger partial charge in [-0.3, -0.25) is 4.90 Å². The Morgan fingerprint density at radius 3 is 2.55 bits per heavy atom. The molecule has 2 N–H and O–H groups in total. The normalized spacial score (nSPS) is 29.8. The Morgan fingerprint density at radius 1 is 1.32 bits per heavy atom. The van der Waals surface area contributed by atoms with E-state index in [1.54, 1.807) is 13.8 Å². The van der Waals surface area contributed by atoms with Gasteiger partial charge in [-0.25, -0.2) is 9.59 Å². The number of urea groups is 1. The molecule has 0 aromatic carbocycles. The first-order valence-corrected chi connectivity index (χ1v) is 7.76. The lowest BCUT2D eigenvalue weighted by molar-refractivity contribution is -0.139. The smallest absolute Gasteiger partial charge is 0.337 e. The third-order valence-electron chi connectivity index (χ3n) is 3.74. The van der Waals surface area contributed by atoms with Gasteiger partial charge in [0.15, 0.2) is 0 Å². The van der Waals surface area contributed by atoms with Crippen LogP contribution in [0.5, 0.6) is 0 Å². The number of amides is 2. The minimum atomic E-state index is -0.383. The van der Waals surface area contributed by atoms with E-state index in [1.807, 2.05) is 13.8 Å². The number of esters is 1. The average Bonchev–Trinajstić information content (AvgIpc) is 2.36. The van der Waals surface area contributed by atoms with Crippen LogP contribution in [0.2, 0.25) is 0 Å². The molecule has 7 heteroatoms. The van der Waals surface area contributed by atoms with Crippen LogP contribution in [0, 0.1) is 0 Å². The van der Waals surface area contributed by atoms with Crippen molar-refractivity contribution in [1.29, 1.82) is 0 Å². The van der Waals surface area contributed by atoms with Gasteiger partial charge < -0.3 is 20.1 Å². The van der Waals surface area contributed by atoms with E-state index in [0.29, 0.717) is 24.4 Å². The summed E-state index contributed by atoms with van der Waals surface area (Å²) in [4.78, 5) is 26.1. The number of ether oxygens (including phenoxy) is 2. The van der Waals surface area contributed by atoms with E-state index in [1.165, 1.54) is 0 Å². The molecule has 0 saturated carbocycles. The van der Waals surface area contributed by atoms with Gasteiger partial charge in [-0.2, -0.15) is 0 Å². The molecule has 3 unspecified atom stereocenters. The fraction of sp³-hybridized carbons (Fsp3) is 0.733. The minimum absolute atomic E-state index is 0.130. The van der Waals surface area contributed by atoms with Gasteiger partial charge in [-0.05, 0) is 27.7 Å². The van der Waals surface area contributed by atoms with Crippen molar-refractivity contribution in [3.63, 3.8) is 0 Å². The van der Waals surface area contributed by atoms with Crippen LogP contribution in [0.15, 0.2) is 11.3 Å². The summed E-state index contributed by atoms with van der Waals surface area (Å²) in [5.74, 6) is -0.383. The number of hydrogen-bond acceptors (Lipinski definition) is 5. The maximum absolute atomic E-state index is 12.2. The first kappa shape index (κ1) is 16.8.